The summed E-state index contributed by atoms with van der Waals surface area (Å²) in [7, 11) is 0. The summed E-state index contributed by atoms with van der Waals surface area (Å²) in [6.07, 6.45) is 5.71. The van der Waals surface area contributed by atoms with Gasteiger partial charge in [0.2, 0.25) is 0 Å². The molecule has 38 heavy (non-hydrogen) atoms. The van der Waals surface area contributed by atoms with E-state index in [9.17, 15) is 14.4 Å². The second-order valence-corrected chi connectivity index (χ2v) is 10.1. The minimum Gasteiger partial charge on any atom is -0.333 e. The van der Waals surface area contributed by atoms with Crippen LogP contribution in [0.2, 0.25) is 15.2 Å². The molecule has 0 saturated heterocycles. The van der Waals surface area contributed by atoms with Crippen LogP contribution in [-0.2, 0) is 19.5 Å². The van der Waals surface area contributed by atoms with Crippen LogP contribution in [0.25, 0.3) is 17.0 Å². The Labute approximate surface area is 233 Å². The Morgan fingerprint density at radius 1 is 1.16 bits per heavy atom. The van der Waals surface area contributed by atoms with E-state index in [1.54, 1.807) is 47.2 Å². The minimum atomic E-state index is -0.548. The van der Waals surface area contributed by atoms with Gasteiger partial charge in [0.15, 0.2) is 0 Å². The molecule has 4 aromatic rings. The molecule has 5 rings (SSSR count). The van der Waals surface area contributed by atoms with Crippen LogP contribution in [0.5, 0.6) is 0 Å². The van der Waals surface area contributed by atoms with Gasteiger partial charge >= 0.3 is 6.03 Å². The summed E-state index contributed by atoms with van der Waals surface area (Å²) >= 11 is 18.0. The molecule has 0 fully saturated rings. The molecule has 2 aromatic heterocycles. The summed E-state index contributed by atoms with van der Waals surface area (Å²) in [5.74, 6) is -0.548. The van der Waals surface area contributed by atoms with E-state index in [2.05, 4.69) is 21.3 Å². The molecule has 0 bridgehead atoms. The summed E-state index contributed by atoms with van der Waals surface area (Å²) in [6, 6.07) is 13.8. The van der Waals surface area contributed by atoms with Gasteiger partial charge in [-0.25, -0.2) is 14.2 Å². The molecule has 0 atom stereocenters. The van der Waals surface area contributed by atoms with Gasteiger partial charge in [-0.3, -0.25) is 9.47 Å². The van der Waals surface area contributed by atoms with Gasteiger partial charge in [-0.2, -0.15) is 5.26 Å². The highest BCUT2D eigenvalue weighted by molar-refractivity contribution is 6.34. The number of rotatable bonds is 5. The largest absolute Gasteiger partial charge is 0.333 e. The van der Waals surface area contributed by atoms with Crippen molar-refractivity contribution in [2.24, 2.45) is 0 Å². The fourth-order valence-corrected chi connectivity index (χ4v) is 5.27. The molecule has 0 aliphatic carbocycles. The molecule has 192 valence electrons. The van der Waals surface area contributed by atoms with E-state index in [4.69, 9.17) is 34.8 Å². The van der Waals surface area contributed by atoms with Crippen molar-refractivity contribution in [1.29, 1.82) is 5.26 Å². The Morgan fingerprint density at radius 3 is 2.76 bits per heavy atom. The van der Waals surface area contributed by atoms with Crippen molar-refractivity contribution in [1.82, 2.24) is 19.8 Å². The maximum Gasteiger partial charge on any atom is 0.326 e. The first-order valence-corrected chi connectivity index (χ1v) is 13.0. The lowest BCUT2D eigenvalue weighted by Gasteiger charge is -2.27. The van der Waals surface area contributed by atoms with Crippen LogP contribution in [0, 0.1) is 17.1 Å². The zero-order valence-electron chi connectivity index (χ0n) is 20.0. The second kappa shape index (κ2) is 11.1. The van der Waals surface area contributed by atoms with Crippen LogP contribution < -0.4 is 5.32 Å². The summed E-state index contributed by atoms with van der Waals surface area (Å²) in [6.45, 7) is 2.12. The van der Waals surface area contributed by atoms with Crippen LogP contribution in [-0.4, -0.2) is 33.6 Å². The molecule has 2 aromatic carbocycles. The Morgan fingerprint density at radius 2 is 1.97 bits per heavy atom. The molecule has 0 unspecified atom stereocenters. The normalized spacial score (nSPS) is 13.6. The topological polar surface area (TPSA) is 74.0 Å². The summed E-state index contributed by atoms with van der Waals surface area (Å²) in [5.41, 5.74) is 4.18. The van der Waals surface area contributed by atoms with Gasteiger partial charge in [0, 0.05) is 55.4 Å². The van der Waals surface area contributed by atoms with E-state index >= 15 is 0 Å². The molecule has 1 N–H and O–H groups in total. The number of benzene rings is 2. The quantitative estimate of drug-likeness (QED) is 0.211. The standard InChI is InChI=1S/C28H21Cl3FN5O/c29-22-5-6-23(30)27(32)20(22)2-1-10-36-11-8-24-21(16-36)19-4-3-17(14-33)12-25(19)37(24)28(38)35-15-18-7-9-34-26(31)13-18/h1-7,9,12-13H,8,10-11,15-16H2,(H,35,38). The number of carbonyl (C=O) groups is 1. The maximum absolute atomic E-state index is 14.4. The van der Waals surface area contributed by atoms with Crippen LogP contribution in [0.15, 0.2) is 54.7 Å². The second-order valence-electron chi connectivity index (χ2n) is 8.89. The van der Waals surface area contributed by atoms with Gasteiger partial charge in [0.1, 0.15) is 11.0 Å². The highest BCUT2D eigenvalue weighted by Gasteiger charge is 2.26. The van der Waals surface area contributed by atoms with Gasteiger partial charge < -0.3 is 5.32 Å². The fourth-order valence-electron chi connectivity index (χ4n) is 4.70. The number of nitrogens with one attached hydrogen (secondary N) is 1. The van der Waals surface area contributed by atoms with Crippen LogP contribution in [0.3, 0.4) is 0 Å². The molecule has 0 radical (unpaired) electrons. The van der Waals surface area contributed by atoms with E-state index in [0.717, 1.165) is 22.2 Å². The number of hydrogen-bond donors (Lipinski definition) is 1. The smallest absolute Gasteiger partial charge is 0.326 e. The average Bonchev–Trinajstić information content (AvgIpc) is 3.24. The average molecular weight is 569 g/mol. The number of aromatic nitrogens is 2. The number of carbonyl (C=O) groups excluding carboxylic acids is 1. The number of fused-ring (bicyclic) bond motifs is 3. The van der Waals surface area contributed by atoms with Crippen molar-refractivity contribution in [2.45, 2.75) is 19.5 Å². The lowest BCUT2D eigenvalue weighted by molar-refractivity contribution is 0.240. The van der Waals surface area contributed by atoms with E-state index in [1.807, 2.05) is 12.1 Å². The first-order chi connectivity index (χ1) is 18.4. The lowest BCUT2D eigenvalue weighted by atomic mass is 10.0. The van der Waals surface area contributed by atoms with Crippen molar-refractivity contribution >= 4 is 57.8 Å². The third-order valence-electron chi connectivity index (χ3n) is 6.52. The maximum atomic E-state index is 14.4. The van der Waals surface area contributed by atoms with Gasteiger partial charge in [0.25, 0.3) is 0 Å². The van der Waals surface area contributed by atoms with Crippen LogP contribution in [0.4, 0.5) is 9.18 Å². The van der Waals surface area contributed by atoms with Gasteiger partial charge in [-0.05, 0) is 47.5 Å². The lowest BCUT2D eigenvalue weighted by Crippen LogP contribution is -2.34. The zero-order chi connectivity index (χ0) is 26.8. The molecule has 6 nitrogen and oxygen atoms in total. The van der Waals surface area contributed by atoms with Crippen LogP contribution >= 0.6 is 34.8 Å². The molecule has 0 saturated carbocycles. The van der Waals surface area contributed by atoms with Crippen molar-refractivity contribution in [3.8, 4) is 6.07 Å². The first kappa shape index (κ1) is 26.2. The number of nitrogens with zero attached hydrogens (tertiary/aromatic N) is 4. The Kier molecular flexibility index (Phi) is 7.68. The van der Waals surface area contributed by atoms with Crippen molar-refractivity contribution < 1.29 is 9.18 Å². The molecule has 1 aliphatic heterocycles. The molecule has 1 aliphatic rings. The fraction of sp³-hybridized carbons (Fsp3) is 0.179. The molecular formula is C28H21Cl3FN5O. The highest BCUT2D eigenvalue weighted by Crippen LogP contribution is 2.32. The Balaban J connectivity index is 1.40. The number of nitriles is 1. The molecular weight excluding hydrogens is 548 g/mol. The summed E-state index contributed by atoms with van der Waals surface area (Å²) < 4.78 is 16.0. The van der Waals surface area contributed by atoms with Crippen LogP contribution in [0.1, 0.15) is 27.9 Å². The monoisotopic (exact) mass is 567 g/mol. The van der Waals surface area contributed by atoms with E-state index in [1.165, 1.54) is 6.07 Å². The SMILES string of the molecule is N#Cc1ccc2c3c(n(C(=O)NCc4ccnc(Cl)c4)c2c1)CCN(CC=Cc1c(Cl)ccc(Cl)c1F)C3. The molecule has 1 amide bonds. The number of hydrogen-bond acceptors (Lipinski definition) is 4. The van der Waals surface area contributed by atoms with Gasteiger partial charge in [-0.15, -0.1) is 0 Å². The highest BCUT2D eigenvalue weighted by atomic mass is 35.5. The third kappa shape index (κ3) is 5.27. The summed E-state index contributed by atoms with van der Waals surface area (Å²) in [5, 5.41) is 14.0. The number of pyridine rings is 1. The predicted octanol–water partition coefficient (Wildman–Crippen LogP) is 6.84. The zero-order valence-corrected chi connectivity index (χ0v) is 22.3. The number of halogens is 4. The van der Waals surface area contributed by atoms with Gasteiger partial charge in [0.05, 0.1) is 27.2 Å². The summed E-state index contributed by atoms with van der Waals surface area (Å²) in [4.78, 5) is 19.6. The van der Waals surface area contributed by atoms with E-state index in [-0.39, 0.29) is 23.2 Å². The van der Waals surface area contributed by atoms with E-state index < -0.39 is 5.82 Å². The van der Waals surface area contributed by atoms with Gasteiger partial charge in [-0.1, -0.05) is 53.0 Å². The van der Waals surface area contributed by atoms with Crippen molar-refractivity contribution in [3.05, 3.63) is 104 Å². The van der Waals surface area contributed by atoms with E-state index in [0.29, 0.717) is 47.3 Å². The minimum absolute atomic E-state index is 0.0199. The Bertz CT molecular complexity index is 1630. The van der Waals surface area contributed by atoms with Crippen molar-refractivity contribution in [2.75, 3.05) is 13.1 Å². The third-order valence-corrected chi connectivity index (χ3v) is 7.35. The first-order valence-electron chi connectivity index (χ1n) is 11.8. The predicted molar refractivity (Wildman–Crippen MR) is 148 cm³/mol. The Hall–Kier alpha value is -3.41. The molecule has 10 heteroatoms. The molecule has 3 heterocycles. The number of amides is 1. The van der Waals surface area contributed by atoms with Crippen molar-refractivity contribution in [3.63, 3.8) is 0 Å². The molecule has 0 spiro atoms.